The Morgan fingerprint density at radius 2 is 1.71 bits per heavy atom. The molecule has 2 aromatic rings. The fraction of sp³-hybridized carbons (Fsp3) is 0.0769. The Morgan fingerprint density at radius 3 is 2.29 bits per heavy atom. The minimum absolute atomic E-state index is 0.00884. The number of nitrogens with one attached hydrogen (secondary N) is 1. The van der Waals surface area contributed by atoms with Crippen LogP contribution in [0.1, 0.15) is 0 Å². The Morgan fingerprint density at radius 1 is 1.10 bits per heavy atom. The van der Waals surface area contributed by atoms with E-state index in [0.717, 1.165) is 0 Å². The summed E-state index contributed by atoms with van der Waals surface area (Å²) in [7, 11) is -2.51. The van der Waals surface area contributed by atoms with Crippen molar-refractivity contribution in [1.29, 1.82) is 0 Å². The van der Waals surface area contributed by atoms with Crippen molar-refractivity contribution in [3.63, 3.8) is 0 Å². The highest BCUT2D eigenvalue weighted by Crippen LogP contribution is 2.31. The van der Waals surface area contributed by atoms with E-state index in [1.165, 1.54) is 43.5 Å². The molecule has 2 N–H and O–H groups in total. The van der Waals surface area contributed by atoms with E-state index in [0.29, 0.717) is 5.75 Å². The summed E-state index contributed by atoms with van der Waals surface area (Å²) in [5.41, 5.74) is -0.00884. The first-order valence-corrected chi connectivity index (χ1v) is 7.91. The van der Waals surface area contributed by atoms with Gasteiger partial charge < -0.3 is 9.84 Å². The van der Waals surface area contributed by atoms with Gasteiger partial charge in [-0.15, -0.1) is 0 Å². The van der Waals surface area contributed by atoms with Gasteiger partial charge in [0, 0.05) is 16.1 Å². The van der Waals surface area contributed by atoms with E-state index in [1.807, 2.05) is 0 Å². The fourth-order valence-electron chi connectivity index (χ4n) is 1.61. The average Bonchev–Trinajstić information content (AvgIpc) is 2.40. The highest BCUT2D eigenvalue weighted by molar-refractivity contribution is 7.92. The van der Waals surface area contributed by atoms with Gasteiger partial charge in [0.1, 0.15) is 11.5 Å². The summed E-state index contributed by atoms with van der Waals surface area (Å²) in [5.74, 6) is 0.169. The molecule has 0 unspecified atom stereocenters. The molecule has 5 nitrogen and oxygen atoms in total. The van der Waals surface area contributed by atoms with E-state index in [2.05, 4.69) is 4.72 Å². The topological polar surface area (TPSA) is 75.6 Å². The van der Waals surface area contributed by atoms with Gasteiger partial charge in [-0.3, -0.25) is 4.72 Å². The maximum absolute atomic E-state index is 12.3. The number of sulfonamides is 1. The van der Waals surface area contributed by atoms with Crippen LogP contribution in [0.2, 0.25) is 10.0 Å². The third-order valence-electron chi connectivity index (χ3n) is 2.59. The molecule has 0 aliphatic carbocycles. The number of halogens is 2. The lowest BCUT2D eigenvalue weighted by atomic mass is 10.3. The zero-order valence-electron chi connectivity index (χ0n) is 10.8. The van der Waals surface area contributed by atoms with Crippen molar-refractivity contribution in [1.82, 2.24) is 0 Å². The SMILES string of the molecule is COc1ccc(O)c(NS(=O)(=O)c2cc(Cl)cc(Cl)c2)c1. The second-order valence-electron chi connectivity index (χ2n) is 4.09. The molecular formula is C13H11Cl2NO4S. The molecule has 0 saturated carbocycles. The Balaban J connectivity index is 2.41. The summed E-state index contributed by atoms with van der Waals surface area (Å²) in [6.07, 6.45) is 0. The number of ether oxygens (including phenoxy) is 1. The van der Waals surface area contributed by atoms with E-state index < -0.39 is 10.0 Å². The molecule has 0 heterocycles. The molecule has 0 saturated heterocycles. The van der Waals surface area contributed by atoms with Crippen molar-refractivity contribution in [2.45, 2.75) is 4.90 Å². The van der Waals surface area contributed by atoms with Crippen LogP contribution in [0.3, 0.4) is 0 Å². The van der Waals surface area contributed by atoms with Crippen LogP contribution < -0.4 is 9.46 Å². The van der Waals surface area contributed by atoms with Gasteiger partial charge in [-0.2, -0.15) is 0 Å². The van der Waals surface area contributed by atoms with Crippen LogP contribution in [-0.2, 0) is 10.0 Å². The molecular weight excluding hydrogens is 337 g/mol. The van der Waals surface area contributed by atoms with Gasteiger partial charge in [-0.05, 0) is 30.3 Å². The van der Waals surface area contributed by atoms with Crippen molar-refractivity contribution in [3.05, 3.63) is 46.4 Å². The molecule has 112 valence electrons. The van der Waals surface area contributed by atoms with Gasteiger partial charge in [-0.1, -0.05) is 23.2 Å². The monoisotopic (exact) mass is 347 g/mol. The normalized spacial score (nSPS) is 11.2. The van der Waals surface area contributed by atoms with Crippen LogP contribution in [-0.4, -0.2) is 20.6 Å². The molecule has 0 bridgehead atoms. The Hall–Kier alpha value is -1.63. The molecule has 0 spiro atoms. The van der Waals surface area contributed by atoms with Crippen molar-refractivity contribution < 1.29 is 18.3 Å². The minimum Gasteiger partial charge on any atom is -0.506 e. The first kappa shape index (κ1) is 15.8. The summed E-state index contributed by atoms with van der Waals surface area (Å²) in [6, 6.07) is 8.12. The molecule has 21 heavy (non-hydrogen) atoms. The van der Waals surface area contributed by atoms with E-state index >= 15 is 0 Å². The van der Waals surface area contributed by atoms with Crippen LogP contribution in [0, 0.1) is 0 Å². The third-order valence-corrected chi connectivity index (χ3v) is 4.38. The molecule has 2 aromatic carbocycles. The lowest BCUT2D eigenvalue weighted by Crippen LogP contribution is -2.13. The number of benzene rings is 2. The summed E-state index contributed by atoms with van der Waals surface area (Å²) in [5, 5.41) is 10.1. The zero-order valence-corrected chi connectivity index (χ0v) is 13.1. The third kappa shape index (κ3) is 3.72. The van der Waals surface area contributed by atoms with Crippen molar-refractivity contribution in [2.24, 2.45) is 0 Å². The number of rotatable bonds is 4. The van der Waals surface area contributed by atoms with E-state index in [1.54, 1.807) is 0 Å². The van der Waals surface area contributed by atoms with Crippen LogP contribution in [0.25, 0.3) is 0 Å². The number of hydrogen-bond acceptors (Lipinski definition) is 4. The maximum Gasteiger partial charge on any atom is 0.262 e. The Bertz CT molecular complexity index is 757. The molecule has 0 fully saturated rings. The molecule has 0 aliphatic rings. The lowest BCUT2D eigenvalue weighted by Gasteiger charge is -2.11. The van der Waals surface area contributed by atoms with Crippen LogP contribution in [0.5, 0.6) is 11.5 Å². The Labute approximate surface area is 132 Å². The average molecular weight is 348 g/mol. The quantitative estimate of drug-likeness (QED) is 0.829. The van der Waals surface area contributed by atoms with Crippen molar-refractivity contribution in [2.75, 3.05) is 11.8 Å². The number of phenolic OH excluding ortho intramolecular Hbond substituents is 1. The van der Waals surface area contributed by atoms with E-state index in [9.17, 15) is 13.5 Å². The fourth-order valence-corrected chi connectivity index (χ4v) is 3.40. The second kappa shape index (κ2) is 6.01. The van der Waals surface area contributed by atoms with Crippen LogP contribution in [0.15, 0.2) is 41.3 Å². The van der Waals surface area contributed by atoms with Crippen molar-refractivity contribution in [3.8, 4) is 11.5 Å². The second-order valence-corrected chi connectivity index (χ2v) is 6.65. The molecule has 0 amide bonds. The van der Waals surface area contributed by atoms with E-state index in [-0.39, 0.29) is 26.4 Å². The highest BCUT2D eigenvalue weighted by Gasteiger charge is 2.18. The van der Waals surface area contributed by atoms with Crippen LogP contribution >= 0.6 is 23.2 Å². The van der Waals surface area contributed by atoms with Gasteiger partial charge in [0.2, 0.25) is 0 Å². The zero-order chi connectivity index (χ0) is 15.6. The molecule has 0 aliphatic heterocycles. The summed E-state index contributed by atoms with van der Waals surface area (Å²) < 4.78 is 31.8. The standard InChI is InChI=1S/C13H11Cl2NO4S/c1-20-10-2-3-13(17)12(7-10)16-21(18,19)11-5-8(14)4-9(15)6-11/h2-7,16-17H,1H3. The first-order valence-electron chi connectivity index (χ1n) is 5.68. The molecule has 0 atom stereocenters. The number of aromatic hydroxyl groups is 1. The predicted molar refractivity (Wildman–Crippen MR) is 81.9 cm³/mol. The minimum atomic E-state index is -3.94. The van der Waals surface area contributed by atoms with Gasteiger partial charge in [0.25, 0.3) is 10.0 Å². The largest absolute Gasteiger partial charge is 0.506 e. The van der Waals surface area contributed by atoms with Gasteiger partial charge in [-0.25, -0.2) is 8.42 Å². The molecule has 0 aromatic heterocycles. The smallest absolute Gasteiger partial charge is 0.262 e. The molecule has 2 rings (SSSR count). The molecule has 8 heteroatoms. The van der Waals surface area contributed by atoms with Crippen LogP contribution in [0.4, 0.5) is 5.69 Å². The first-order chi connectivity index (χ1) is 9.81. The van der Waals surface area contributed by atoms with Gasteiger partial charge in [0.15, 0.2) is 0 Å². The molecule has 0 radical (unpaired) electrons. The number of phenols is 1. The number of methoxy groups -OCH3 is 1. The number of hydrogen-bond donors (Lipinski definition) is 2. The van der Waals surface area contributed by atoms with Crippen molar-refractivity contribution >= 4 is 38.9 Å². The summed E-state index contributed by atoms with van der Waals surface area (Å²) in [6.45, 7) is 0. The summed E-state index contributed by atoms with van der Waals surface area (Å²) >= 11 is 11.6. The lowest BCUT2D eigenvalue weighted by molar-refractivity contribution is 0.413. The predicted octanol–water partition coefficient (Wildman–Crippen LogP) is 3.51. The van der Waals surface area contributed by atoms with Gasteiger partial charge >= 0.3 is 0 Å². The summed E-state index contributed by atoms with van der Waals surface area (Å²) in [4.78, 5) is -0.109. The number of anilines is 1. The highest BCUT2D eigenvalue weighted by atomic mass is 35.5. The van der Waals surface area contributed by atoms with E-state index in [4.69, 9.17) is 27.9 Å². The maximum atomic E-state index is 12.3. The Kier molecular flexibility index (Phi) is 4.51. The van der Waals surface area contributed by atoms with Gasteiger partial charge in [0.05, 0.1) is 17.7 Å².